The zero-order chi connectivity index (χ0) is 17.9. The van der Waals surface area contributed by atoms with Crippen LogP contribution in [0.3, 0.4) is 0 Å². The van der Waals surface area contributed by atoms with Gasteiger partial charge < -0.3 is 4.74 Å². The highest BCUT2D eigenvalue weighted by Crippen LogP contribution is 2.41. The minimum atomic E-state index is 0.634. The highest BCUT2D eigenvalue weighted by atomic mass is 16.5. The molecule has 1 atom stereocenters. The molecule has 1 aromatic rings. The number of rotatable bonds is 11. The van der Waals surface area contributed by atoms with Crippen molar-refractivity contribution in [3.63, 3.8) is 0 Å². The molecular weight excluding hydrogens is 304 g/mol. The fourth-order valence-corrected chi connectivity index (χ4v) is 4.37. The molecule has 0 aliphatic heterocycles. The van der Waals surface area contributed by atoms with Gasteiger partial charge in [-0.3, -0.25) is 0 Å². The van der Waals surface area contributed by atoms with Gasteiger partial charge in [-0.2, -0.15) is 0 Å². The molecule has 140 valence electrons. The number of ether oxygens (including phenoxy) is 1. The third-order valence-electron chi connectivity index (χ3n) is 5.88. The van der Waals surface area contributed by atoms with Crippen LogP contribution in [0.15, 0.2) is 36.9 Å². The van der Waals surface area contributed by atoms with Gasteiger partial charge in [0.25, 0.3) is 0 Å². The number of benzene rings is 1. The van der Waals surface area contributed by atoms with Gasteiger partial charge in [0.15, 0.2) is 0 Å². The van der Waals surface area contributed by atoms with Crippen LogP contribution in [0.4, 0.5) is 0 Å². The summed E-state index contributed by atoms with van der Waals surface area (Å²) >= 11 is 0. The second-order valence-corrected chi connectivity index (χ2v) is 7.82. The molecule has 1 fully saturated rings. The number of hydrogen-bond acceptors (Lipinski definition) is 1. The molecule has 1 saturated carbocycles. The third-order valence-corrected chi connectivity index (χ3v) is 5.88. The Morgan fingerprint density at radius 2 is 1.76 bits per heavy atom. The van der Waals surface area contributed by atoms with Gasteiger partial charge in [0.05, 0.1) is 6.61 Å². The molecule has 1 heteroatoms. The first kappa shape index (κ1) is 20.1. The summed E-state index contributed by atoms with van der Waals surface area (Å²) in [4.78, 5) is 0. The monoisotopic (exact) mass is 342 g/mol. The van der Waals surface area contributed by atoms with Crippen molar-refractivity contribution in [1.82, 2.24) is 0 Å². The molecule has 0 saturated heterocycles. The molecule has 0 spiro atoms. The molecule has 0 heterocycles. The molecule has 1 aromatic carbocycles. The van der Waals surface area contributed by atoms with Crippen LogP contribution in [0.1, 0.15) is 89.5 Å². The SMILES string of the molecule is C=CCC(c1ccc(OCCC)cc1)[C@H]1CC[C@H](CCCCC)CC1. The first-order chi connectivity index (χ1) is 12.3. The molecular formula is C24H38O. The minimum absolute atomic E-state index is 0.634. The lowest BCUT2D eigenvalue weighted by Gasteiger charge is -2.34. The zero-order valence-electron chi connectivity index (χ0n) is 16.5. The Balaban J connectivity index is 1.91. The largest absolute Gasteiger partial charge is 0.494 e. The summed E-state index contributed by atoms with van der Waals surface area (Å²) in [5.74, 6) is 3.44. The molecule has 1 aliphatic rings. The van der Waals surface area contributed by atoms with E-state index in [9.17, 15) is 0 Å². The number of allylic oxidation sites excluding steroid dienone is 1. The maximum atomic E-state index is 5.74. The summed E-state index contributed by atoms with van der Waals surface area (Å²) in [6.07, 6.45) is 15.5. The second-order valence-electron chi connectivity index (χ2n) is 7.82. The molecule has 25 heavy (non-hydrogen) atoms. The Kier molecular flexibility index (Phi) is 9.15. The average Bonchev–Trinajstić information content (AvgIpc) is 2.66. The van der Waals surface area contributed by atoms with Gasteiger partial charge in [-0.1, -0.05) is 70.6 Å². The molecule has 1 unspecified atom stereocenters. The molecule has 0 aromatic heterocycles. The maximum absolute atomic E-state index is 5.74. The van der Waals surface area contributed by atoms with Crippen LogP contribution >= 0.6 is 0 Å². The lowest BCUT2D eigenvalue weighted by atomic mass is 9.71. The summed E-state index contributed by atoms with van der Waals surface area (Å²) in [6.45, 7) is 9.27. The maximum Gasteiger partial charge on any atom is 0.119 e. The smallest absolute Gasteiger partial charge is 0.119 e. The fourth-order valence-electron chi connectivity index (χ4n) is 4.37. The van der Waals surface area contributed by atoms with Crippen LogP contribution in [-0.4, -0.2) is 6.61 Å². The van der Waals surface area contributed by atoms with E-state index >= 15 is 0 Å². The topological polar surface area (TPSA) is 9.23 Å². The van der Waals surface area contributed by atoms with E-state index in [-0.39, 0.29) is 0 Å². The van der Waals surface area contributed by atoms with Gasteiger partial charge in [-0.15, -0.1) is 6.58 Å². The molecule has 2 rings (SSSR count). The third kappa shape index (κ3) is 6.53. The van der Waals surface area contributed by atoms with Crippen molar-refractivity contribution in [3.8, 4) is 5.75 Å². The van der Waals surface area contributed by atoms with E-state index in [0.717, 1.165) is 37.0 Å². The van der Waals surface area contributed by atoms with E-state index < -0.39 is 0 Å². The highest BCUT2D eigenvalue weighted by Gasteiger charge is 2.27. The zero-order valence-corrected chi connectivity index (χ0v) is 16.5. The van der Waals surface area contributed by atoms with Crippen LogP contribution in [0.25, 0.3) is 0 Å². The van der Waals surface area contributed by atoms with E-state index in [1.165, 1.54) is 56.9 Å². The Hall–Kier alpha value is -1.24. The normalized spacial score (nSPS) is 21.7. The Morgan fingerprint density at radius 1 is 1.04 bits per heavy atom. The van der Waals surface area contributed by atoms with Gasteiger partial charge >= 0.3 is 0 Å². The fraction of sp³-hybridized carbons (Fsp3) is 0.667. The summed E-state index contributed by atoms with van der Waals surface area (Å²) in [7, 11) is 0. The van der Waals surface area contributed by atoms with E-state index in [2.05, 4.69) is 50.8 Å². The predicted octanol–water partition coefficient (Wildman–Crippen LogP) is 7.52. The quantitative estimate of drug-likeness (QED) is 0.298. The minimum Gasteiger partial charge on any atom is -0.494 e. The van der Waals surface area contributed by atoms with Crippen molar-refractivity contribution in [3.05, 3.63) is 42.5 Å². The van der Waals surface area contributed by atoms with Crippen molar-refractivity contribution in [2.24, 2.45) is 11.8 Å². The number of unbranched alkanes of at least 4 members (excludes halogenated alkanes) is 2. The number of hydrogen-bond donors (Lipinski definition) is 0. The molecule has 1 nitrogen and oxygen atoms in total. The summed E-state index contributed by atoms with van der Waals surface area (Å²) in [6, 6.07) is 8.87. The molecule has 0 N–H and O–H groups in total. The van der Waals surface area contributed by atoms with Gasteiger partial charge in [0.2, 0.25) is 0 Å². The first-order valence-electron chi connectivity index (χ1n) is 10.6. The van der Waals surface area contributed by atoms with E-state index in [1.807, 2.05) is 0 Å². The molecule has 0 radical (unpaired) electrons. The lowest BCUT2D eigenvalue weighted by Crippen LogP contribution is -2.20. The van der Waals surface area contributed by atoms with E-state index in [0.29, 0.717) is 5.92 Å². The summed E-state index contributed by atoms with van der Waals surface area (Å²) in [5, 5.41) is 0. The van der Waals surface area contributed by atoms with E-state index in [4.69, 9.17) is 4.74 Å². The molecule has 1 aliphatic carbocycles. The van der Waals surface area contributed by atoms with Crippen molar-refractivity contribution in [2.75, 3.05) is 6.61 Å². The second kappa shape index (κ2) is 11.4. The van der Waals surface area contributed by atoms with Crippen molar-refractivity contribution >= 4 is 0 Å². The lowest BCUT2D eigenvalue weighted by molar-refractivity contribution is 0.230. The van der Waals surface area contributed by atoms with Crippen LogP contribution in [-0.2, 0) is 0 Å². The van der Waals surface area contributed by atoms with Gasteiger partial charge in [-0.05, 0) is 61.1 Å². The highest BCUT2D eigenvalue weighted by molar-refractivity contribution is 5.30. The summed E-state index contributed by atoms with van der Waals surface area (Å²) < 4.78 is 5.74. The van der Waals surface area contributed by atoms with Crippen LogP contribution < -0.4 is 4.74 Å². The van der Waals surface area contributed by atoms with Crippen LogP contribution in [0.5, 0.6) is 5.75 Å². The first-order valence-corrected chi connectivity index (χ1v) is 10.6. The standard InChI is InChI=1S/C24H38O/c1-4-7-8-10-20-11-13-21(14-12-20)24(9-5-2)22-15-17-23(18-16-22)25-19-6-3/h5,15-18,20-21,24H,2,4,6-14,19H2,1,3H3/t20-,21-,24?. The van der Waals surface area contributed by atoms with Crippen molar-refractivity contribution in [1.29, 1.82) is 0 Å². The predicted molar refractivity (Wildman–Crippen MR) is 109 cm³/mol. The van der Waals surface area contributed by atoms with Gasteiger partial charge in [0, 0.05) is 0 Å². The van der Waals surface area contributed by atoms with Crippen molar-refractivity contribution in [2.45, 2.75) is 84.0 Å². The Bertz CT molecular complexity index is 467. The molecule has 0 amide bonds. The van der Waals surface area contributed by atoms with Crippen molar-refractivity contribution < 1.29 is 4.74 Å². The summed E-state index contributed by atoms with van der Waals surface area (Å²) in [5.41, 5.74) is 1.47. The molecule has 0 bridgehead atoms. The van der Waals surface area contributed by atoms with Crippen LogP contribution in [0, 0.1) is 11.8 Å². The van der Waals surface area contributed by atoms with Crippen LogP contribution in [0.2, 0.25) is 0 Å². The van der Waals surface area contributed by atoms with E-state index in [1.54, 1.807) is 0 Å². The Labute approximate surface area is 155 Å². The average molecular weight is 343 g/mol. The van der Waals surface area contributed by atoms with Gasteiger partial charge in [0.1, 0.15) is 5.75 Å². The van der Waals surface area contributed by atoms with Gasteiger partial charge in [-0.25, -0.2) is 0 Å². The Morgan fingerprint density at radius 3 is 2.36 bits per heavy atom.